The summed E-state index contributed by atoms with van der Waals surface area (Å²) in [5.74, 6) is 0. The molecule has 2 rings (SSSR count). The molecule has 1 N–H and O–H groups in total. The zero-order valence-corrected chi connectivity index (χ0v) is 13.8. The summed E-state index contributed by atoms with van der Waals surface area (Å²) < 4.78 is 5.82. The molecule has 1 unspecified atom stereocenters. The largest absolute Gasteiger partial charge is 0.381 e. The molecule has 3 heteroatoms. The Labute approximate surface area is 125 Å². The monoisotopic (exact) mass is 282 g/mol. The summed E-state index contributed by atoms with van der Waals surface area (Å²) in [5, 5.41) is 3.57. The molecular formula is C17H34N2O. The van der Waals surface area contributed by atoms with Gasteiger partial charge in [-0.3, -0.25) is 0 Å². The van der Waals surface area contributed by atoms with E-state index in [-0.39, 0.29) is 0 Å². The smallest absolute Gasteiger partial charge is 0.0546 e. The number of rotatable bonds is 6. The number of ether oxygens (including phenoxy) is 1. The van der Waals surface area contributed by atoms with E-state index in [0.29, 0.717) is 10.8 Å². The van der Waals surface area contributed by atoms with Crippen molar-refractivity contribution in [1.82, 2.24) is 10.2 Å². The third-order valence-corrected chi connectivity index (χ3v) is 5.63. The van der Waals surface area contributed by atoms with E-state index < -0.39 is 0 Å². The molecule has 0 aromatic carbocycles. The van der Waals surface area contributed by atoms with Gasteiger partial charge in [0.15, 0.2) is 0 Å². The van der Waals surface area contributed by atoms with Crippen LogP contribution in [0.2, 0.25) is 0 Å². The molecule has 0 spiro atoms. The van der Waals surface area contributed by atoms with Gasteiger partial charge in [-0.25, -0.2) is 0 Å². The standard InChI is InChI=1S/C17H34N2O/c1-4-16(3)8-10-19(11-9-16)14-17(13-18-5-2)7-6-12-20-15-17/h18H,4-15H2,1-3H3. The summed E-state index contributed by atoms with van der Waals surface area (Å²) >= 11 is 0. The number of nitrogens with one attached hydrogen (secondary N) is 1. The number of hydrogen-bond acceptors (Lipinski definition) is 3. The Balaban J connectivity index is 1.88. The Morgan fingerprint density at radius 1 is 1.15 bits per heavy atom. The molecule has 1 atom stereocenters. The zero-order valence-electron chi connectivity index (χ0n) is 13.8. The van der Waals surface area contributed by atoms with Gasteiger partial charge >= 0.3 is 0 Å². The zero-order chi connectivity index (χ0) is 14.5. The molecule has 2 aliphatic heterocycles. The van der Waals surface area contributed by atoms with Crippen LogP contribution in [0, 0.1) is 10.8 Å². The van der Waals surface area contributed by atoms with Crippen molar-refractivity contribution >= 4 is 0 Å². The minimum absolute atomic E-state index is 0.355. The van der Waals surface area contributed by atoms with Crippen LogP contribution in [-0.4, -0.2) is 50.8 Å². The van der Waals surface area contributed by atoms with Crippen LogP contribution in [0.4, 0.5) is 0 Å². The fraction of sp³-hybridized carbons (Fsp3) is 1.00. The molecule has 0 saturated carbocycles. The molecule has 20 heavy (non-hydrogen) atoms. The first-order valence-corrected chi connectivity index (χ1v) is 8.62. The molecular weight excluding hydrogens is 248 g/mol. The van der Waals surface area contributed by atoms with Crippen molar-refractivity contribution in [2.75, 3.05) is 45.9 Å². The summed E-state index contributed by atoms with van der Waals surface area (Å²) in [6, 6.07) is 0. The Hall–Kier alpha value is -0.120. The SMILES string of the molecule is CCNCC1(CN2CCC(C)(CC)CC2)CCCOC1. The highest BCUT2D eigenvalue weighted by atomic mass is 16.5. The summed E-state index contributed by atoms with van der Waals surface area (Å²) in [4.78, 5) is 2.70. The third kappa shape index (κ3) is 4.19. The van der Waals surface area contributed by atoms with Gasteiger partial charge in [0.1, 0.15) is 0 Å². The summed E-state index contributed by atoms with van der Waals surface area (Å²) in [6.07, 6.45) is 6.60. The average Bonchev–Trinajstić information content (AvgIpc) is 2.49. The molecule has 0 bridgehead atoms. The number of likely N-dealkylation sites (tertiary alicyclic amines) is 1. The van der Waals surface area contributed by atoms with E-state index >= 15 is 0 Å². The van der Waals surface area contributed by atoms with Crippen LogP contribution in [0.5, 0.6) is 0 Å². The lowest BCUT2D eigenvalue weighted by Crippen LogP contribution is -2.51. The first-order valence-electron chi connectivity index (χ1n) is 8.62. The van der Waals surface area contributed by atoms with Gasteiger partial charge in [0, 0.05) is 25.1 Å². The van der Waals surface area contributed by atoms with E-state index in [2.05, 4.69) is 31.0 Å². The van der Waals surface area contributed by atoms with E-state index in [1.54, 1.807) is 0 Å². The van der Waals surface area contributed by atoms with Gasteiger partial charge in [-0.1, -0.05) is 27.2 Å². The lowest BCUT2D eigenvalue weighted by molar-refractivity contribution is -0.0346. The van der Waals surface area contributed by atoms with Crippen molar-refractivity contribution in [2.45, 2.75) is 52.9 Å². The number of hydrogen-bond donors (Lipinski definition) is 1. The summed E-state index contributed by atoms with van der Waals surface area (Å²) in [5.41, 5.74) is 0.947. The first kappa shape index (κ1) is 16.3. The second-order valence-corrected chi connectivity index (χ2v) is 7.38. The minimum atomic E-state index is 0.355. The Kier molecular flexibility index (Phi) is 5.88. The maximum atomic E-state index is 5.82. The number of nitrogens with zero attached hydrogens (tertiary/aromatic N) is 1. The lowest BCUT2D eigenvalue weighted by atomic mass is 9.76. The summed E-state index contributed by atoms with van der Waals surface area (Å²) in [6.45, 7) is 14.9. The second kappa shape index (κ2) is 7.24. The Bertz CT molecular complexity index is 279. The van der Waals surface area contributed by atoms with Crippen molar-refractivity contribution in [3.63, 3.8) is 0 Å². The molecule has 0 aromatic rings. The first-order chi connectivity index (χ1) is 9.61. The van der Waals surface area contributed by atoms with E-state index in [4.69, 9.17) is 4.74 Å². The fourth-order valence-electron chi connectivity index (χ4n) is 3.70. The molecule has 118 valence electrons. The van der Waals surface area contributed by atoms with Crippen LogP contribution in [-0.2, 0) is 4.74 Å². The van der Waals surface area contributed by atoms with E-state index in [0.717, 1.165) is 26.3 Å². The average molecular weight is 282 g/mol. The highest BCUT2D eigenvalue weighted by Gasteiger charge is 2.37. The van der Waals surface area contributed by atoms with Crippen LogP contribution in [0.1, 0.15) is 52.9 Å². The molecule has 0 radical (unpaired) electrons. The van der Waals surface area contributed by atoms with Crippen LogP contribution < -0.4 is 5.32 Å². The number of piperidine rings is 1. The molecule has 3 nitrogen and oxygen atoms in total. The van der Waals surface area contributed by atoms with Gasteiger partial charge in [-0.15, -0.1) is 0 Å². The minimum Gasteiger partial charge on any atom is -0.381 e. The van der Waals surface area contributed by atoms with E-state index in [1.165, 1.54) is 51.7 Å². The van der Waals surface area contributed by atoms with Crippen LogP contribution >= 0.6 is 0 Å². The lowest BCUT2D eigenvalue weighted by Gasteiger charge is -2.45. The van der Waals surface area contributed by atoms with Crippen LogP contribution in [0.25, 0.3) is 0 Å². The molecule has 0 aliphatic carbocycles. The second-order valence-electron chi connectivity index (χ2n) is 7.38. The Morgan fingerprint density at radius 3 is 2.45 bits per heavy atom. The van der Waals surface area contributed by atoms with E-state index in [1.807, 2.05) is 0 Å². The van der Waals surface area contributed by atoms with Gasteiger partial charge in [0.2, 0.25) is 0 Å². The third-order valence-electron chi connectivity index (χ3n) is 5.63. The quantitative estimate of drug-likeness (QED) is 0.811. The van der Waals surface area contributed by atoms with Crippen LogP contribution in [0.3, 0.4) is 0 Å². The maximum Gasteiger partial charge on any atom is 0.0546 e. The van der Waals surface area contributed by atoms with Gasteiger partial charge in [0.05, 0.1) is 6.61 Å². The van der Waals surface area contributed by atoms with Gasteiger partial charge < -0.3 is 15.0 Å². The maximum absolute atomic E-state index is 5.82. The van der Waals surface area contributed by atoms with Crippen LogP contribution in [0.15, 0.2) is 0 Å². The predicted octanol–water partition coefficient (Wildman–Crippen LogP) is 2.90. The van der Waals surface area contributed by atoms with Crippen molar-refractivity contribution in [1.29, 1.82) is 0 Å². The molecule has 0 amide bonds. The van der Waals surface area contributed by atoms with Gasteiger partial charge in [-0.05, 0) is 50.7 Å². The van der Waals surface area contributed by atoms with Crippen molar-refractivity contribution < 1.29 is 4.74 Å². The van der Waals surface area contributed by atoms with Crippen molar-refractivity contribution in [3.05, 3.63) is 0 Å². The van der Waals surface area contributed by atoms with Crippen molar-refractivity contribution in [3.8, 4) is 0 Å². The normalized spacial score (nSPS) is 31.4. The van der Waals surface area contributed by atoms with E-state index in [9.17, 15) is 0 Å². The highest BCUT2D eigenvalue weighted by Crippen LogP contribution is 2.36. The molecule has 0 aromatic heterocycles. The van der Waals surface area contributed by atoms with Crippen molar-refractivity contribution in [2.24, 2.45) is 10.8 Å². The molecule has 2 saturated heterocycles. The predicted molar refractivity (Wildman–Crippen MR) is 85.1 cm³/mol. The fourth-order valence-corrected chi connectivity index (χ4v) is 3.70. The van der Waals surface area contributed by atoms with Gasteiger partial charge in [0.25, 0.3) is 0 Å². The topological polar surface area (TPSA) is 24.5 Å². The molecule has 2 heterocycles. The molecule has 2 fully saturated rings. The molecule has 2 aliphatic rings. The van der Waals surface area contributed by atoms with Gasteiger partial charge in [-0.2, -0.15) is 0 Å². The highest BCUT2D eigenvalue weighted by molar-refractivity contribution is 4.90. The Morgan fingerprint density at radius 2 is 1.90 bits per heavy atom. The summed E-state index contributed by atoms with van der Waals surface area (Å²) in [7, 11) is 0.